The van der Waals surface area contributed by atoms with Crippen LogP contribution >= 0.6 is 24.8 Å². The van der Waals surface area contributed by atoms with Crippen molar-refractivity contribution in [2.24, 2.45) is 0 Å². The molecule has 5 atom stereocenters. The second-order valence-electron chi connectivity index (χ2n) is 14.7. The second kappa shape index (κ2) is 17.5. The Kier molecular flexibility index (Phi) is 16.2. The number of hydrogen-bond acceptors (Lipinski definition) is 9. The van der Waals surface area contributed by atoms with Gasteiger partial charge in [-0.25, -0.2) is 0 Å². The van der Waals surface area contributed by atoms with Crippen LogP contribution in [0.15, 0.2) is 0 Å². The highest BCUT2D eigenvalue weighted by Gasteiger charge is 2.55. The summed E-state index contributed by atoms with van der Waals surface area (Å²) in [6.45, 7) is 21.9. The molecule has 2 aliphatic rings. The van der Waals surface area contributed by atoms with Gasteiger partial charge in [0.05, 0.1) is 23.4 Å². The number of ether oxygens (including phenoxy) is 1. The number of unbranched alkanes of at least 4 members (excludes halogenated alkanes) is 4. The van der Waals surface area contributed by atoms with Crippen LogP contribution < -0.4 is 0 Å². The van der Waals surface area contributed by atoms with Gasteiger partial charge < -0.3 is 31.3 Å². The van der Waals surface area contributed by atoms with Crippen molar-refractivity contribution in [1.29, 1.82) is 0 Å². The first-order valence-electron chi connectivity index (χ1n) is 16.8. The topological polar surface area (TPSA) is 64.6 Å². The van der Waals surface area contributed by atoms with E-state index in [9.17, 15) is 0 Å². The van der Waals surface area contributed by atoms with Gasteiger partial charge in [-0.05, 0) is 119 Å². The molecule has 43 heavy (non-hydrogen) atoms. The molecule has 0 aromatic carbocycles. The van der Waals surface area contributed by atoms with E-state index in [4.69, 9.17) is 43.5 Å². The maximum Gasteiger partial charge on any atom is 0.502 e. The average molecular weight is 681 g/mol. The Morgan fingerprint density at radius 3 is 2.05 bits per heavy atom. The number of thiocarbonyl (C=S) groups is 1. The number of thiol groups is 1. The van der Waals surface area contributed by atoms with Crippen molar-refractivity contribution in [1.82, 2.24) is 0 Å². The quantitative estimate of drug-likeness (QED) is 0.0628. The maximum atomic E-state index is 6.97. The zero-order valence-corrected chi connectivity index (χ0v) is 32.8. The third-order valence-electron chi connectivity index (χ3n) is 7.79. The van der Waals surface area contributed by atoms with Crippen LogP contribution in [-0.2, 0) is 31.3 Å². The van der Waals surface area contributed by atoms with Gasteiger partial charge in [0.2, 0.25) is 0 Å². The van der Waals surface area contributed by atoms with Gasteiger partial charge in [0.25, 0.3) is 0 Å². The third-order valence-corrected chi connectivity index (χ3v) is 15.2. The van der Waals surface area contributed by atoms with Crippen molar-refractivity contribution in [2.45, 2.75) is 187 Å². The maximum absolute atomic E-state index is 6.97. The van der Waals surface area contributed by atoms with E-state index in [1.165, 1.54) is 25.7 Å². The van der Waals surface area contributed by atoms with Gasteiger partial charge >= 0.3 is 17.6 Å². The summed E-state index contributed by atoms with van der Waals surface area (Å²) in [7, 11) is -5.97. The molecule has 2 rings (SSSR count). The second-order valence-corrected chi connectivity index (χ2v) is 20.6. The summed E-state index contributed by atoms with van der Waals surface area (Å²) < 4.78 is 46.1. The smallest absolute Gasteiger partial charge is 0.487 e. The highest BCUT2D eigenvalue weighted by Crippen LogP contribution is 2.40. The Balaban J connectivity index is 2.05. The molecule has 0 aromatic heterocycles. The Morgan fingerprint density at radius 2 is 1.47 bits per heavy atom. The van der Waals surface area contributed by atoms with E-state index in [2.05, 4.69) is 81.9 Å². The number of hydrogen-bond donors (Lipinski definition) is 1. The van der Waals surface area contributed by atoms with Gasteiger partial charge in [0, 0.05) is 36.8 Å². The fourth-order valence-electron chi connectivity index (χ4n) is 6.70. The van der Waals surface area contributed by atoms with Gasteiger partial charge in [0.15, 0.2) is 5.05 Å². The molecule has 2 saturated heterocycles. The van der Waals surface area contributed by atoms with Crippen LogP contribution in [0.1, 0.15) is 140 Å². The monoisotopic (exact) mass is 680 g/mol. The van der Waals surface area contributed by atoms with Crippen LogP contribution in [0.2, 0.25) is 12.1 Å². The molecule has 0 aromatic rings. The van der Waals surface area contributed by atoms with Crippen LogP contribution in [0.3, 0.4) is 0 Å². The third kappa shape index (κ3) is 14.8. The van der Waals surface area contributed by atoms with Crippen molar-refractivity contribution >= 4 is 47.5 Å². The summed E-state index contributed by atoms with van der Waals surface area (Å²) in [5, 5.41) is 0.708. The molecule has 0 saturated carbocycles. The van der Waals surface area contributed by atoms with Gasteiger partial charge in [-0.15, -0.1) is 0 Å². The summed E-state index contributed by atoms with van der Waals surface area (Å²) in [6.07, 6.45) is 10.9. The van der Waals surface area contributed by atoms with E-state index in [1.54, 1.807) is 0 Å². The fourth-order valence-corrected chi connectivity index (χ4v) is 14.4. The summed E-state index contributed by atoms with van der Waals surface area (Å²) in [4.78, 5) is 0. The summed E-state index contributed by atoms with van der Waals surface area (Å²) >= 11 is 9.96. The zero-order valence-electron chi connectivity index (χ0n) is 29.1. The molecule has 7 nitrogen and oxygen atoms in total. The van der Waals surface area contributed by atoms with E-state index in [-0.39, 0.29) is 29.5 Å². The molecule has 2 heterocycles. The Morgan fingerprint density at radius 1 is 0.907 bits per heavy atom. The van der Waals surface area contributed by atoms with Crippen LogP contribution in [0.4, 0.5) is 0 Å². The summed E-state index contributed by atoms with van der Waals surface area (Å²) in [5.41, 5.74) is -1.16. The highest BCUT2D eigenvalue weighted by atomic mass is 32.1. The Hall–Kier alpha value is 0.434. The lowest BCUT2D eigenvalue weighted by molar-refractivity contribution is -0.127. The fraction of sp³-hybridized carbons (Fsp3) is 0.969. The van der Waals surface area contributed by atoms with Gasteiger partial charge in [0.1, 0.15) is 0 Å². The minimum absolute atomic E-state index is 0.0506. The van der Waals surface area contributed by atoms with E-state index in [0.29, 0.717) is 24.1 Å². The zero-order chi connectivity index (χ0) is 32.4. The first-order chi connectivity index (χ1) is 19.9. The van der Waals surface area contributed by atoms with E-state index >= 15 is 0 Å². The molecule has 0 amide bonds. The molecule has 0 bridgehead atoms. The largest absolute Gasteiger partial charge is 0.502 e. The first-order valence-corrected chi connectivity index (χ1v) is 21.7. The highest BCUT2D eigenvalue weighted by molar-refractivity contribution is 7.80. The Labute approximate surface area is 277 Å². The van der Waals surface area contributed by atoms with E-state index in [0.717, 1.165) is 50.3 Å². The normalized spacial score (nSPS) is 29.7. The van der Waals surface area contributed by atoms with Crippen molar-refractivity contribution in [3.63, 3.8) is 0 Å². The minimum atomic E-state index is -3.06. The predicted molar refractivity (Wildman–Crippen MR) is 187 cm³/mol. The van der Waals surface area contributed by atoms with Crippen LogP contribution in [0, 0.1) is 0 Å². The van der Waals surface area contributed by atoms with E-state index < -0.39 is 23.2 Å². The van der Waals surface area contributed by atoms with Gasteiger partial charge in [-0.1, -0.05) is 32.6 Å². The molecular formula is C32H64O7S2Si2. The molecular weight excluding hydrogens is 617 g/mol. The summed E-state index contributed by atoms with van der Waals surface area (Å²) in [5.74, 6) is 0.771. The van der Waals surface area contributed by atoms with Crippen molar-refractivity contribution in [3.05, 3.63) is 0 Å². The van der Waals surface area contributed by atoms with Crippen molar-refractivity contribution in [2.75, 3.05) is 12.4 Å². The van der Waals surface area contributed by atoms with Crippen molar-refractivity contribution < 1.29 is 31.3 Å². The van der Waals surface area contributed by atoms with Crippen LogP contribution in [-0.4, -0.2) is 70.1 Å². The molecule has 254 valence electrons. The average Bonchev–Trinajstić information content (AvgIpc) is 2.81. The molecule has 4 unspecified atom stereocenters. The predicted octanol–water partition coefficient (Wildman–Crippen LogP) is 9.08. The van der Waals surface area contributed by atoms with Crippen LogP contribution in [0.5, 0.6) is 0 Å². The molecule has 0 spiro atoms. The molecule has 0 aliphatic carbocycles. The summed E-state index contributed by atoms with van der Waals surface area (Å²) in [6, 6.07) is 1.43. The lowest BCUT2D eigenvalue weighted by Crippen LogP contribution is -2.61. The molecule has 2 fully saturated rings. The molecule has 0 N–H and O–H groups in total. The van der Waals surface area contributed by atoms with E-state index in [1.807, 2.05) is 0 Å². The molecule has 0 radical (unpaired) electrons. The lowest BCUT2D eigenvalue weighted by atomic mass is 10.0. The standard InChI is InChI=1S/C32H64O7S2Si2/c1-11-12-13-14-15-18-29(41)33-19-16-21-43(36-28(4)25-32(9,10)39-43)38-31(7,8)24-27(3)35-42(22-17-20-40)34-26(2)23-30(5,6)37-42/h26-28,40H,11-25H2,1-10H3/t26?,27?,28?,42?,43-/m1/s1. The first kappa shape index (κ1) is 39.6. The Bertz CT molecular complexity index is 847. The van der Waals surface area contributed by atoms with Gasteiger partial charge in [-0.2, -0.15) is 12.6 Å². The van der Waals surface area contributed by atoms with Gasteiger partial charge in [-0.3, -0.25) is 0 Å². The molecule has 11 heteroatoms. The lowest BCUT2D eigenvalue weighted by Gasteiger charge is -2.49. The number of rotatable bonds is 19. The minimum Gasteiger partial charge on any atom is -0.487 e. The molecule has 2 aliphatic heterocycles. The van der Waals surface area contributed by atoms with Crippen molar-refractivity contribution in [3.8, 4) is 0 Å². The SMILES string of the molecule is CCCCCCCC(=S)OCCC[Si@]1(OC(C)(C)CC(C)O[Si]2(CCCS)OC(C)CC(C)(C)O2)OC(C)CC(C)(C)O1. The van der Waals surface area contributed by atoms with Crippen LogP contribution in [0.25, 0.3) is 0 Å².